The largest absolute Gasteiger partial charge is 0.493 e. The van der Waals surface area contributed by atoms with Gasteiger partial charge >= 0.3 is 0 Å². The summed E-state index contributed by atoms with van der Waals surface area (Å²) in [5.41, 5.74) is 1.94. The lowest BCUT2D eigenvalue weighted by molar-refractivity contribution is -0.144. The van der Waals surface area contributed by atoms with Crippen LogP contribution < -0.4 is 9.47 Å². The van der Waals surface area contributed by atoms with Crippen LogP contribution in [0.3, 0.4) is 0 Å². The number of ether oxygens (including phenoxy) is 2. The third-order valence-electron chi connectivity index (χ3n) is 6.74. The van der Waals surface area contributed by atoms with Gasteiger partial charge in [0.2, 0.25) is 15.9 Å². The highest BCUT2D eigenvalue weighted by molar-refractivity contribution is 7.89. The number of sulfonamides is 1. The van der Waals surface area contributed by atoms with E-state index in [1.54, 1.807) is 37.4 Å². The molecule has 1 amide bonds. The molecule has 188 valence electrons. The molecule has 2 heterocycles. The van der Waals surface area contributed by atoms with E-state index >= 15 is 0 Å². The number of carbonyl (C=O) groups is 1. The van der Waals surface area contributed by atoms with E-state index in [1.807, 2.05) is 45.0 Å². The fourth-order valence-corrected chi connectivity index (χ4v) is 6.27. The molecule has 0 radical (unpaired) electrons. The minimum Gasteiger partial charge on any atom is -0.493 e. The molecule has 4 rings (SSSR count). The predicted molar refractivity (Wildman–Crippen MR) is 134 cm³/mol. The van der Waals surface area contributed by atoms with Gasteiger partial charge in [0, 0.05) is 25.1 Å². The Bertz CT molecular complexity index is 1250. The first-order chi connectivity index (χ1) is 16.6. The van der Waals surface area contributed by atoms with Crippen LogP contribution in [0.5, 0.6) is 11.5 Å². The summed E-state index contributed by atoms with van der Waals surface area (Å²) in [6.45, 7) is 6.41. The molecule has 0 aliphatic carbocycles. The molecular formula is C26H33N3O5S. The van der Waals surface area contributed by atoms with Crippen molar-refractivity contribution in [2.45, 2.75) is 51.0 Å². The van der Waals surface area contributed by atoms with Crippen LogP contribution in [0.1, 0.15) is 44.2 Å². The molecule has 2 aromatic carbocycles. The minimum atomic E-state index is -3.57. The lowest BCUT2D eigenvalue weighted by atomic mass is 9.82. The van der Waals surface area contributed by atoms with Crippen LogP contribution >= 0.6 is 0 Å². The SMILES string of the molecule is COc1ccc(C2=NN(C3CCN(S(=O)(=O)c4cccc(C)c4)CC3)C(=O)C(C)(C)C2)cc1OC. The monoisotopic (exact) mass is 499 g/mol. The maximum atomic E-state index is 13.3. The Labute approximate surface area is 207 Å². The molecule has 0 unspecified atom stereocenters. The predicted octanol–water partition coefficient (Wildman–Crippen LogP) is 3.83. The van der Waals surface area contributed by atoms with Gasteiger partial charge in [-0.3, -0.25) is 4.79 Å². The van der Waals surface area contributed by atoms with Crippen molar-refractivity contribution in [3.63, 3.8) is 0 Å². The lowest BCUT2D eigenvalue weighted by Gasteiger charge is -2.41. The van der Waals surface area contributed by atoms with Gasteiger partial charge in [0.05, 0.1) is 36.3 Å². The summed E-state index contributed by atoms with van der Waals surface area (Å²) in [5.74, 6) is 1.19. The zero-order valence-corrected chi connectivity index (χ0v) is 21.8. The highest BCUT2D eigenvalue weighted by Gasteiger charge is 2.42. The van der Waals surface area contributed by atoms with Crippen molar-refractivity contribution >= 4 is 21.6 Å². The molecule has 1 saturated heterocycles. The van der Waals surface area contributed by atoms with Gasteiger partial charge in [-0.2, -0.15) is 9.41 Å². The number of piperidine rings is 1. The highest BCUT2D eigenvalue weighted by Crippen LogP contribution is 2.36. The van der Waals surface area contributed by atoms with Crippen molar-refractivity contribution in [3.05, 3.63) is 53.6 Å². The van der Waals surface area contributed by atoms with Crippen molar-refractivity contribution < 1.29 is 22.7 Å². The number of benzene rings is 2. The summed E-state index contributed by atoms with van der Waals surface area (Å²) in [7, 11) is -0.401. The van der Waals surface area contributed by atoms with Gasteiger partial charge in [-0.25, -0.2) is 13.4 Å². The van der Waals surface area contributed by atoms with Crippen molar-refractivity contribution in [1.29, 1.82) is 0 Å². The Morgan fingerprint density at radius 3 is 2.31 bits per heavy atom. The van der Waals surface area contributed by atoms with E-state index in [4.69, 9.17) is 14.6 Å². The summed E-state index contributed by atoms with van der Waals surface area (Å²) in [4.78, 5) is 13.6. The zero-order valence-electron chi connectivity index (χ0n) is 20.9. The van der Waals surface area contributed by atoms with E-state index in [2.05, 4.69) is 0 Å². The highest BCUT2D eigenvalue weighted by atomic mass is 32.2. The first-order valence-electron chi connectivity index (χ1n) is 11.8. The van der Waals surface area contributed by atoms with Crippen LogP contribution in [-0.4, -0.2) is 62.7 Å². The van der Waals surface area contributed by atoms with Gasteiger partial charge < -0.3 is 9.47 Å². The number of hydrazone groups is 1. The van der Waals surface area contributed by atoms with Crippen LogP contribution in [0.4, 0.5) is 0 Å². The third-order valence-corrected chi connectivity index (χ3v) is 8.63. The summed E-state index contributed by atoms with van der Waals surface area (Å²) < 4.78 is 38.6. The summed E-state index contributed by atoms with van der Waals surface area (Å²) in [5, 5.41) is 6.37. The molecule has 0 spiro atoms. The molecule has 0 atom stereocenters. The van der Waals surface area contributed by atoms with Crippen molar-refractivity contribution in [1.82, 2.24) is 9.31 Å². The molecule has 0 aromatic heterocycles. The van der Waals surface area contributed by atoms with Crippen LogP contribution in [0.25, 0.3) is 0 Å². The van der Waals surface area contributed by atoms with Gasteiger partial charge in [-0.15, -0.1) is 0 Å². The van der Waals surface area contributed by atoms with Gasteiger partial charge in [0.25, 0.3) is 0 Å². The number of methoxy groups -OCH3 is 2. The van der Waals surface area contributed by atoms with Crippen LogP contribution in [0, 0.1) is 12.3 Å². The number of aryl methyl sites for hydroxylation is 1. The molecule has 9 heteroatoms. The third kappa shape index (κ3) is 4.92. The van der Waals surface area contributed by atoms with Crippen LogP contribution in [0.2, 0.25) is 0 Å². The molecule has 2 aliphatic heterocycles. The second kappa shape index (κ2) is 9.62. The molecule has 2 aromatic rings. The van der Waals surface area contributed by atoms with E-state index in [-0.39, 0.29) is 11.9 Å². The number of carbonyl (C=O) groups excluding carboxylic acids is 1. The zero-order chi connectivity index (χ0) is 25.4. The van der Waals surface area contributed by atoms with Gasteiger partial charge in [0.1, 0.15) is 0 Å². The fourth-order valence-electron chi connectivity index (χ4n) is 4.69. The number of nitrogens with zero attached hydrogens (tertiary/aromatic N) is 3. The molecular weight excluding hydrogens is 466 g/mol. The summed E-state index contributed by atoms with van der Waals surface area (Å²) >= 11 is 0. The maximum absolute atomic E-state index is 13.3. The van der Waals surface area contributed by atoms with Crippen LogP contribution in [0.15, 0.2) is 52.5 Å². The number of rotatable bonds is 6. The number of amides is 1. The first-order valence-corrected chi connectivity index (χ1v) is 13.2. The molecule has 2 aliphatic rings. The van der Waals surface area contributed by atoms with E-state index in [1.165, 1.54) is 4.31 Å². The lowest BCUT2D eigenvalue weighted by Crippen LogP contribution is -2.52. The van der Waals surface area contributed by atoms with Crippen LogP contribution in [-0.2, 0) is 14.8 Å². The molecule has 0 N–H and O–H groups in total. The smallest absolute Gasteiger partial charge is 0.248 e. The van der Waals surface area contributed by atoms with E-state index in [0.29, 0.717) is 48.7 Å². The summed E-state index contributed by atoms with van der Waals surface area (Å²) in [6, 6.07) is 12.4. The second-order valence-electron chi connectivity index (χ2n) is 9.78. The second-order valence-corrected chi connectivity index (χ2v) is 11.7. The molecule has 0 bridgehead atoms. The minimum absolute atomic E-state index is 0.0401. The van der Waals surface area contributed by atoms with Crippen molar-refractivity contribution in [3.8, 4) is 11.5 Å². The van der Waals surface area contributed by atoms with E-state index in [0.717, 1.165) is 16.8 Å². The molecule has 8 nitrogen and oxygen atoms in total. The Balaban J connectivity index is 1.57. The molecule has 0 saturated carbocycles. The number of hydrogen-bond acceptors (Lipinski definition) is 6. The normalized spacial score (nSPS) is 19.4. The average Bonchev–Trinajstić information content (AvgIpc) is 2.85. The van der Waals surface area contributed by atoms with Crippen molar-refractivity contribution in [2.75, 3.05) is 27.3 Å². The van der Waals surface area contributed by atoms with Gasteiger partial charge in [-0.05, 0) is 55.7 Å². The van der Waals surface area contributed by atoms with E-state index < -0.39 is 15.4 Å². The Morgan fingerprint density at radius 2 is 1.69 bits per heavy atom. The van der Waals surface area contributed by atoms with Gasteiger partial charge in [0.15, 0.2) is 11.5 Å². The average molecular weight is 500 g/mol. The Hall–Kier alpha value is -2.91. The topological polar surface area (TPSA) is 88.5 Å². The molecule has 1 fully saturated rings. The maximum Gasteiger partial charge on any atom is 0.248 e. The standard InChI is InChI=1S/C26H33N3O5S/c1-18-7-6-8-21(15-18)35(31,32)28-13-11-20(12-14-28)29-25(30)26(2,3)17-22(27-29)19-9-10-23(33-4)24(16-19)34-5/h6-10,15-16,20H,11-14,17H2,1-5H3. The Kier molecular flexibility index (Phi) is 6.92. The Morgan fingerprint density at radius 1 is 1.00 bits per heavy atom. The van der Waals surface area contributed by atoms with E-state index in [9.17, 15) is 13.2 Å². The van der Waals surface area contributed by atoms with Crippen molar-refractivity contribution in [2.24, 2.45) is 10.5 Å². The summed E-state index contributed by atoms with van der Waals surface area (Å²) in [6.07, 6.45) is 1.55. The first kappa shape index (κ1) is 25.2. The van der Waals surface area contributed by atoms with Gasteiger partial charge in [-0.1, -0.05) is 26.0 Å². The molecule has 35 heavy (non-hydrogen) atoms. The number of hydrogen-bond donors (Lipinski definition) is 0. The quantitative estimate of drug-likeness (QED) is 0.603. The fraction of sp³-hybridized carbons (Fsp3) is 0.462.